The van der Waals surface area contributed by atoms with Gasteiger partial charge in [0.15, 0.2) is 0 Å². The first kappa shape index (κ1) is 21.7. The number of nitriles is 1. The molecule has 0 aliphatic carbocycles. The minimum Gasteiger partial charge on any atom is -0.486 e. The molecule has 2 atom stereocenters. The summed E-state index contributed by atoms with van der Waals surface area (Å²) in [5.41, 5.74) is -1.67. The topological polar surface area (TPSA) is 124 Å². The van der Waals surface area contributed by atoms with Crippen LogP contribution in [0.15, 0.2) is 41.4 Å². The number of aliphatic hydroxyl groups excluding tert-OH is 1. The summed E-state index contributed by atoms with van der Waals surface area (Å²) >= 11 is 0. The first-order valence-electron chi connectivity index (χ1n) is 8.82. The third kappa shape index (κ3) is 4.13. The van der Waals surface area contributed by atoms with Crippen LogP contribution in [-0.2, 0) is 10.0 Å². The summed E-state index contributed by atoms with van der Waals surface area (Å²) in [7, 11) is -4.04. The van der Waals surface area contributed by atoms with Crippen LogP contribution in [0.5, 0.6) is 5.75 Å². The molecule has 0 radical (unpaired) electrons. The van der Waals surface area contributed by atoms with Crippen LogP contribution in [0.25, 0.3) is 0 Å². The van der Waals surface area contributed by atoms with E-state index >= 15 is 0 Å². The van der Waals surface area contributed by atoms with Gasteiger partial charge in [0.25, 0.3) is 0 Å². The van der Waals surface area contributed by atoms with E-state index in [4.69, 9.17) is 10.00 Å². The quantitative estimate of drug-likeness (QED) is 0.666. The van der Waals surface area contributed by atoms with Gasteiger partial charge in [-0.05, 0) is 37.1 Å². The molecule has 1 aromatic carbocycles. The molecule has 0 spiro atoms. The fourth-order valence-corrected chi connectivity index (χ4v) is 4.47. The molecule has 10 heteroatoms. The van der Waals surface area contributed by atoms with Crippen molar-refractivity contribution in [3.8, 4) is 23.7 Å². The van der Waals surface area contributed by atoms with Gasteiger partial charge in [-0.25, -0.2) is 17.8 Å². The number of aromatic nitrogens is 1. The summed E-state index contributed by atoms with van der Waals surface area (Å²) in [4.78, 5) is 3.88. The van der Waals surface area contributed by atoms with Crippen molar-refractivity contribution in [2.75, 3.05) is 19.7 Å². The summed E-state index contributed by atoms with van der Waals surface area (Å²) in [6, 6.07) is 7.99. The summed E-state index contributed by atoms with van der Waals surface area (Å²) in [5, 5.41) is 29.2. The number of pyridine rings is 1. The van der Waals surface area contributed by atoms with E-state index in [9.17, 15) is 23.0 Å². The number of ether oxygens (including phenoxy) is 1. The van der Waals surface area contributed by atoms with Gasteiger partial charge in [-0.1, -0.05) is 5.92 Å². The lowest BCUT2D eigenvalue weighted by Crippen LogP contribution is -2.48. The van der Waals surface area contributed by atoms with Gasteiger partial charge in [0.2, 0.25) is 10.0 Å². The number of hydrogen-bond donors (Lipinski definition) is 2. The summed E-state index contributed by atoms with van der Waals surface area (Å²) in [6.07, 6.45) is -0.000202. The van der Waals surface area contributed by atoms with Crippen LogP contribution in [-0.4, -0.2) is 59.3 Å². The average Bonchev–Trinajstić information content (AvgIpc) is 3.06. The van der Waals surface area contributed by atoms with E-state index in [1.54, 1.807) is 13.0 Å². The molecule has 0 bridgehead atoms. The van der Waals surface area contributed by atoms with Gasteiger partial charge in [0, 0.05) is 18.8 Å². The minimum atomic E-state index is -4.04. The normalized spacial score (nSPS) is 21.5. The van der Waals surface area contributed by atoms with Gasteiger partial charge >= 0.3 is 0 Å². The van der Waals surface area contributed by atoms with E-state index in [0.717, 1.165) is 16.6 Å². The number of nitrogens with zero attached hydrogens (tertiary/aromatic N) is 3. The highest BCUT2D eigenvalue weighted by atomic mass is 32.2. The van der Waals surface area contributed by atoms with Crippen molar-refractivity contribution in [2.45, 2.75) is 23.5 Å². The molecule has 3 rings (SSSR count). The Balaban J connectivity index is 1.85. The van der Waals surface area contributed by atoms with Crippen molar-refractivity contribution in [2.24, 2.45) is 0 Å². The maximum absolute atomic E-state index is 13.8. The van der Waals surface area contributed by atoms with Crippen molar-refractivity contribution >= 4 is 10.0 Å². The van der Waals surface area contributed by atoms with Gasteiger partial charge in [0.1, 0.15) is 39.9 Å². The Bertz CT molecular complexity index is 1150. The monoisotopic (exact) mass is 431 g/mol. The molecule has 1 fully saturated rings. The van der Waals surface area contributed by atoms with Gasteiger partial charge in [-0.2, -0.15) is 9.57 Å². The molecule has 1 aliphatic rings. The van der Waals surface area contributed by atoms with Gasteiger partial charge in [0.05, 0.1) is 18.7 Å². The van der Waals surface area contributed by atoms with E-state index in [0.29, 0.717) is 5.69 Å². The van der Waals surface area contributed by atoms with Gasteiger partial charge in [-0.3, -0.25) is 0 Å². The van der Waals surface area contributed by atoms with Crippen LogP contribution in [0.3, 0.4) is 0 Å². The number of aliphatic hydroxyl groups is 2. The largest absolute Gasteiger partial charge is 0.486 e. The van der Waals surface area contributed by atoms with Crippen LogP contribution in [0, 0.1) is 29.0 Å². The summed E-state index contributed by atoms with van der Waals surface area (Å²) in [6.45, 7) is 0.154. The lowest BCUT2D eigenvalue weighted by atomic mass is 10.0. The van der Waals surface area contributed by atoms with E-state index in [1.165, 1.54) is 24.3 Å². The highest BCUT2D eigenvalue weighted by Crippen LogP contribution is 2.31. The number of halogens is 1. The zero-order valence-electron chi connectivity index (χ0n) is 15.9. The fourth-order valence-electron chi connectivity index (χ4n) is 3.02. The van der Waals surface area contributed by atoms with Gasteiger partial charge < -0.3 is 14.9 Å². The number of β-amino-alcohol motifs (C(OH)–C–C–N with tert-alkyl or cyclic N) is 1. The molecule has 0 saturated carbocycles. The number of sulfonamides is 1. The summed E-state index contributed by atoms with van der Waals surface area (Å²) in [5.74, 6) is 4.55. The van der Waals surface area contributed by atoms with Crippen molar-refractivity contribution in [3.63, 3.8) is 0 Å². The molecule has 1 saturated heterocycles. The van der Waals surface area contributed by atoms with E-state index < -0.39 is 40.7 Å². The molecule has 8 nitrogen and oxygen atoms in total. The predicted octanol–water partition coefficient (Wildman–Crippen LogP) is 0.639. The third-order valence-corrected chi connectivity index (χ3v) is 6.45. The van der Waals surface area contributed by atoms with Crippen molar-refractivity contribution in [1.29, 1.82) is 5.26 Å². The van der Waals surface area contributed by atoms with Crippen LogP contribution >= 0.6 is 0 Å². The second-order valence-electron chi connectivity index (χ2n) is 6.67. The molecule has 0 unspecified atom stereocenters. The molecular formula is C20H18FN3O5S. The Morgan fingerprint density at radius 2 is 2.17 bits per heavy atom. The maximum atomic E-state index is 13.8. The Morgan fingerprint density at radius 3 is 2.73 bits per heavy atom. The zero-order valence-corrected chi connectivity index (χ0v) is 16.7. The first-order valence-corrected chi connectivity index (χ1v) is 10.3. The molecule has 1 aromatic heterocycles. The molecule has 2 N–H and O–H groups in total. The van der Waals surface area contributed by atoms with Crippen LogP contribution < -0.4 is 4.74 Å². The Labute approximate surface area is 173 Å². The number of hydrogen-bond acceptors (Lipinski definition) is 7. The van der Waals surface area contributed by atoms with Crippen LogP contribution in [0.1, 0.15) is 18.2 Å². The lowest BCUT2D eigenvalue weighted by Gasteiger charge is -2.27. The van der Waals surface area contributed by atoms with Crippen LogP contribution in [0.4, 0.5) is 4.39 Å². The third-order valence-electron chi connectivity index (χ3n) is 4.66. The Hall–Kier alpha value is -3.02. The molecule has 156 valence electrons. The molecule has 2 aromatic rings. The Morgan fingerprint density at radius 1 is 1.40 bits per heavy atom. The molecule has 1 aliphatic heterocycles. The molecule has 30 heavy (non-hydrogen) atoms. The van der Waals surface area contributed by atoms with E-state index in [2.05, 4.69) is 16.8 Å². The minimum absolute atomic E-state index is 0.00761. The zero-order chi connectivity index (χ0) is 21.9. The highest BCUT2D eigenvalue weighted by molar-refractivity contribution is 7.89. The summed E-state index contributed by atoms with van der Waals surface area (Å²) < 4.78 is 46.3. The second-order valence-corrected chi connectivity index (χ2v) is 8.61. The fraction of sp³-hybridized carbons (Fsp3) is 0.300. The van der Waals surface area contributed by atoms with E-state index in [-0.39, 0.29) is 22.8 Å². The molecule has 0 amide bonds. The smallest absolute Gasteiger partial charge is 0.244 e. The highest BCUT2D eigenvalue weighted by Gasteiger charge is 2.50. The standard InChI is InChI=1S/C20H18FN3O5S/c1-2-3-15-5-7-17(10-23-15)30(27,28)24-11-19(20(26,12-24)13-25)29-16-6-4-14(9-22)18(21)8-16/h4-8,10,19,25-26H,11-13H2,1H3/t19-,20+/m0/s1. The predicted molar refractivity (Wildman–Crippen MR) is 103 cm³/mol. The Kier molecular flexibility index (Phi) is 6.06. The van der Waals surface area contributed by atoms with Gasteiger partial charge in [-0.15, -0.1) is 0 Å². The molecular weight excluding hydrogens is 413 g/mol. The van der Waals surface area contributed by atoms with Crippen LogP contribution in [0.2, 0.25) is 0 Å². The number of benzene rings is 1. The number of rotatable bonds is 5. The van der Waals surface area contributed by atoms with Crippen molar-refractivity contribution in [1.82, 2.24) is 9.29 Å². The first-order chi connectivity index (χ1) is 14.2. The SMILES string of the molecule is CC#Cc1ccc(S(=O)(=O)N2C[C@H](Oc3ccc(C#N)c(F)c3)[C@](O)(CO)C2)cn1. The molecule has 2 heterocycles. The van der Waals surface area contributed by atoms with E-state index in [1.807, 2.05) is 0 Å². The van der Waals surface area contributed by atoms with Crippen molar-refractivity contribution < 1.29 is 27.8 Å². The second kappa shape index (κ2) is 8.38. The lowest BCUT2D eigenvalue weighted by molar-refractivity contribution is -0.0641. The maximum Gasteiger partial charge on any atom is 0.244 e. The average molecular weight is 431 g/mol. The van der Waals surface area contributed by atoms with Crippen molar-refractivity contribution in [3.05, 3.63) is 53.6 Å².